The fourth-order valence-corrected chi connectivity index (χ4v) is 2.60. The van der Waals surface area contributed by atoms with E-state index in [0.717, 1.165) is 28.5 Å². The molecule has 2 N–H and O–H groups in total. The number of aryl methyl sites for hydroxylation is 1. The van der Waals surface area contributed by atoms with Crippen molar-refractivity contribution in [3.05, 3.63) is 71.8 Å². The lowest BCUT2D eigenvalue weighted by Crippen LogP contribution is -2.16. The molecule has 1 aromatic carbocycles. The molecule has 0 spiro atoms. The van der Waals surface area contributed by atoms with Gasteiger partial charge < -0.3 is 5.73 Å². The smallest absolute Gasteiger partial charge is 0.0735 e. The monoisotopic (exact) mass is 263 g/mol. The standard InChI is InChI=1S/C17H17N3/c1-2-12-6-4-9-20-17(12)16(18)15-7-3-5-13-11-19-10-8-14(13)15/h3-11,16H,2,18H2,1H3. The zero-order valence-electron chi connectivity index (χ0n) is 11.5. The molecule has 0 saturated heterocycles. The van der Waals surface area contributed by atoms with E-state index >= 15 is 0 Å². The van der Waals surface area contributed by atoms with Gasteiger partial charge in [0, 0.05) is 24.0 Å². The van der Waals surface area contributed by atoms with Gasteiger partial charge in [-0.1, -0.05) is 31.2 Å². The van der Waals surface area contributed by atoms with Gasteiger partial charge in [0.2, 0.25) is 0 Å². The molecule has 2 aromatic heterocycles. The quantitative estimate of drug-likeness (QED) is 0.789. The minimum atomic E-state index is -0.211. The molecule has 20 heavy (non-hydrogen) atoms. The summed E-state index contributed by atoms with van der Waals surface area (Å²) in [5, 5.41) is 2.25. The molecule has 3 heteroatoms. The molecule has 0 aliphatic carbocycles. The van der Waals surface area contributed by atoms with Crippen LogP contribution in [-0.2, 0) is 6.42 Å². The zero-order valence-corrected chi connectivity index (χ0v) is 11.5. The van der Waals surface area contributed by atoms with Crippen molar-refractivity contribution in [1.82, 2.24) is 9.97 Å². The Kier molecular flexibility index (Phi) is 3.44. The van der Waals surface area contributed by atoms with Gasteiger partial charge in [-0.25, -0.2) is 0 Å². The van der Waals surface area contributed by atoms with Crippen LogP contribution in [0.5, 0.6) is 0 Å². The van der Waals surface area contributed by atoms with Crippen LogP contribution in [0.4, 0.5) is 0 Å². The Morgan fingerprint density at radius 1 is 1.10 bits per heavy atom. The van der Waals surface area contributed by atoms with Gasteiger partial charge in [0.1, 0.15) is 0 Å². The summed E-state index contributed by atoms with van der Waals surface area (Å²) >= 11 is 0. The third kappa shape index (κ3) is 2.17. The number of rotatable bonds is 3. The second-order valence-electron chi connectivity index (χ2n) is 4.82. The van der Waals surface area contributed by atoms with E-state index in [-0.39, 0.29) is 6.04 Å². The molecule has 2 heterocycles. The maximum atomic E-state index is 6.48. The van der Waals surface area contributed by atoms with Gasteiger partial charge in [-0.15, -0.1) is 0 Å². The van der Waals surface area contributed by atoms with Crippen molar-refractivity contribution in [3.63, 3.8) is 0 Å². The number of benzene rings is 1. The van der Waals surface area contributed by atoms with Gasteiger partial charge in [-0.3, -0.25) is 9.97 Å². The number of aromatic nitrogens is 2. The Bertz CT molecular complexity index is 732. The molecular formula is C17H17N3. The fourth-order valence-electron chi connectivity index (χ4n) is 2.60. The number of nitrogens with two attached hydrogens (primary N) is 1. The van der Waals surface area contributed by atoms with Gasteiger partial charge >= 0.3 is 0 Å². The van der Waals surface area contributed by atoms with E-state index in [1.165, 1.54) is 5.56 Å². The molecule has 0 aliphatic rings. The van der Waals surface area contributed by atoms with Crippen LogP contribution in [0, 0.1) is 0 Å². The van der Waals surface area contributed by atoms with Crippen LogP contribution < -0.4 is 5.73 Å². The van der Waals surface area contributed by atoms with Gasteiger partial charge in [0.15, 0.2) is 0 Å². The summed E-state index contributed by atoms with van der Waals surface area (Å²) in [6.45, 7) is 2.13. The van der Waals surface area contributed by atoms with E-state index in [1.807, 2.05) is 24.4 Å². The summed E-state index contributed by atoms with van der Waals surface area (Å²) < 4.78 is 0. The highest BCUT2D eigenvalue weighted by atomic mass is 14.8. The summed E-state index contributed by atoms with van der Waals surface area (Å²) in [6, 6.07) is 12.0. The average Bonchev–Trinajstić information content (AvgIpc) is 2.53. The van der Waals surface area contributed by atoms with Crippen LogP contribution in [0.15, 0.2) is 55.0 Å². The van der Waals surface area contributed by atoms with Crippen molar-refractivity contribution < 1.29 is 0 Å². The minimum absolute atomic E-state index is 0.211. The highest BCUT2D eigenvalue weighted by Crippen LogP contribution is 2.27. The first-order valence-corrected chi connectivity index (χ1v) is 6.83. The van der Waals surface area contributed by atoms with Crippen molar-refractivity contribution in [3.8, 4) is 0 Å². The van der Waals surface area contributed by atoms with Crippen molar-refractivity contribution in [2.24, 2.45) is 5.73 Å². The van der Waals surface area contributed by atoms with Crippen LogP contribution in [-0.4, -0.2) is 9.97 Å². The van der Waals surface area contributed by atoms with Crippen molar-refractivity contribution >= 4 is 10.8 Å². The normalized spacial score (nSPS) is 12.5. The van der Waals surface area contributed by atoms with Crippen LogP contribution in [0.1, 0.15) is 29.8 Å². The van der Waals surface area contributed by atoms with Gasteiger partial charge in [-0.05, 0) is 35.1 Å². The van der Waals surface area contributed by atoms with Crippen molar-refractivity contribution in [1.29, 1.82) is 0 Å². The molecule has 3 rings (SSSR count). The minimum Gasteiger partial charge on any atom is -0.319 e. The second kappa shape index (κ2) is 5.39. The van der Waals surface area contributed by atoms with Gasteiger partial charge in [0.25, 0.3) is 0 Å². The predicted octanol–water partition coefficient (Wildman–Crippen LogP) is 3.24. The number of hydrogen-bond acceptors (Lipinski definition) is 3. The predicted molar refractivity (Wildman–Crippen MR) is 81.4 cm³/mol. The maximum absolute atomic E-state index is 6.48. The van der Waals surface area contributed by atoms with Crippen LogP contribution in [0.2, 0.25) is 0 Å². The Morgan fingerprint density at radius 2 is 2.00 bits per heavy atom. The van der Waals surface area contributed by atoms with Crippen molar-refractivity contribution in [2.75, 3.05) is 0 Å². The molecule has 0 saturated carbocycles. The summed E-state index contributed by atoms with van der Waals surface area (Å²) in [6.07, 6.45) is 6.41. The van der Waals surface area contributed by atoms with Crippen LogP contribution >= 0.6 is 0 Å². The van der Waals surface area contributed by atoms with Gasteiger partial charge in [-0.2, -0.15) is 0 Å². The Balaban J connectivity index is 2.15. The molecule has 0 bridgehead atoms. The Morgan fingerprint density at radius 3 is 2.85 bits per heavy atom. The summed E-state index contributed by atoms with van der Waals surface area (Å²) in [7, 11) is 0. The zero-order chi connectivity index (χ0) is 13.9. The molecule has 0 fully saturated rings. The topological polar surface area (TPSA) is 51.8 Å². The molecule has 0 amide bonds. The Labute approximate surface area is 118 Å². The number of pyridine rings is 2. The second-order valence-corrected chi connectivity index (χ2v) is 4.82. The molecule has 3 aromatic rings. The largest absolute Gasteiger partial charge is 0.319 e. The fraction of sp³-hybridized carbons (Fsp3) is 0.176. The third-order valence-corrected chi connectivity index (χ3v) is 3.65. The van der Waals surface area contributed by atoms with E-state index in [2.05, 4.69) is 35.1 Å². The molecule has 0 aliphatic heterocycles. The summed E-state index contributed by atoms with van der Waals surface area (Å²) in [4.78, 5) is 8.66. The number of nitrogens with zero attached hydrogens (tertiary/aromatic N) is 2. The maximum Gasteiger partial charge on any atom is 0.0735 e. The van der Waals surface area contributed by atoms with E-state index in [1.54, 1.807) is 12.4 Å². The number of hydrogen-bond donors (Lipinski definition) is 1. The van der Waals surface area contributed by atoms with E-state index in [4.69, 9.17) is 5.73 Å². The molecule has 100 valence electrons. The third-order valence-electron chi connectivity index (χ3n) is 3.65. The highest BCUT2D eigenvalue weighted by Gasteiger charge is 2.15. The first-order chi connectivity index (χ1) is 9.81. The lowest BCUT2D eigenvalue weighted by atomic mass is 9.95. The Hall–Kier alpha value is -2.26. The highest BCUT2D eigenvalue weighted by molar-refractivity contribution is 5.85. The molecule has 0 radical (unpaired) electrons. The first-order valence-electron chi connectivity index (χ1n) is 6.83. The molecule has 1 unspecified atom stereocenters. The van der Waals surface area contributed by atoms with Crippen LogP contribution in [0.25, 0.3) is 10.8 Å². The lowest BCUT2D eigenvalue weighted by Gasteiger charge is -2.17. The average molecular weight is 263 g/mol. The molecule has 1 atom stereocenters. The van der Waals surface area contributed by atoms with Crippen molar-refractivity contribution in [2.45, 2.75) is 19.4 Å². The molecular weight excluding hydrogens is 246 g/mol. The first kappa shape index (κ1) is 12.8. The summed E-state index contributed by atoms with van der Waals surface area (Å²) in [5.74, 6) is 0. The SMILES string of the molecule is CCc1cccnc1C(N)c1cccc2cnccc12. The van der Waals surface area contributed by atoms with E-state index < -0.39 is 0 Å². The van der Waals surface area contributed by atoms with E-state index in [9.17, 15) is 0 Å². The van der Waals surface area contributed by atoms with Gasteiger partial charge in [0.05, 0.1) is 11.7 Å². The summed E-state index contributed by atoms with van der Waals surface area (Å²) in [5.41, 5.74) is 9.73. The van der Waals surface area contributed by atoms with E-state index in [0.29, 0.717) is 0 Å². The number of fused-ring (bicyclic) bond motifs is 1. The van der Waals surface area contributed by atoms with Crippen LogP contribution in [0.3, 0.4) is 0 Å². The lowest BCUT2D eigenvalue weighted by molar-refractivity contribution is 0.812. The molecule has 3 nitrogen and oxygen atoms in total.